The minimum atomic E-state index is -0.956. The number of rotatable bonds is 6. The number of aliphatic carboxylic acids is 1. The molecule has 0 atom stereocenters. The predicted octanol–water partition coefficient (Wildman–Crippen LogP) is 3.43. The van der Waals surface area contributed by atoms with Crippen LogP contribution in [0.15, 0.2) is 54.9 Å². The molecular formula is C17H14ClN5O2. The van der Waals surface area contributed by atoms with Crippen LogP contribution < -0.4 is 10.6 Å². The van der Waals surface area contributed by atoms with E-state index in [4.69, 9.17) is 16.7 Å². The molecule has 126 valence electrons. The quantitative estimate of drug-likeness (QED) is 0.622. The highest BCUT2D eigenvalue weighted by Crippen LogP contribution is 2.22. The predicted molar refractivity (Wildman–Crippen MR) is 96.1 cm³/mol. The summed E-state index contributed by atoms with van der Waals surface area (Å²) in [5.74, 6) is -0.0678. The van der Waals surface area contributed by atoms with Crippen molar-refractivity contribution in [1.82, 2.24) is 15.0 Å². The monoisotopic (exact) mass is 355 g/mol. The number of halogens is 1. The number of carbonyl (C=O) groups is 1. The fourth-order valence-corrected chi connectivity index (χ4v) is 2.32. The van der Waals surface area contributed by atoms with Gasteiger partial charge in [0.1, 0.15) is 12.4 Å². The first-order chi connectivity index (χ1) is 12.1. The molecule has 3 aromatic rings. The summed E-state index contributed by atoms with van der Waals surface area (Å²) in [5.41, 5.74) is 2.25. The topological polar surface area (TPSA) is 100 Å². The van der Waals surface area contributed by atoms with Gasteiger partial charge in [0.2, 0.25) is 5.95 Å². The fraction of sp³-hybridized carbons (Fsp3) is 0.0588. The Balaban J connectivity index is 1.81. The molecule has 8 heteroatoms. The van der Waals surface area contributed by atoms with E-state index < -0.39 is 5.97 Å². The van der Waals surface area contributed by atoms with Crippen LogP contribution in [0.2, 0.25) is 5.02 Å². The number of hydrogen-bond acceptors (Lipinski definition) is 6. The van der Waals surface area contributed by atoms with Crippen LogP contribution in [0.4, 0.5) is 17.5 Å². The number of carboxylic acid groups (broad SMARTS) is 1. The Morgan fingerprint density at radius 3 is 2.76 bits per heavy atom. The van der Waals surface area contributed by atoms with Crippen LogP contribution in [0.3, 0.4) is 0 Å². The van der Waals surface area contributed by atoms with Gasteiger partial charge in [0.25, 0.3) is 0 Å². The summed E-state index contributed by atoms with van der Waals surface area (Å²) < 4.78 is 0. The zero-order valence-electron chi connectivity index (χ0n) is 13.0. The zero-order chi connectivity index (χ0) is 17.6. The van der Waals surface area contributed by atoms with Crippen molar-refractivity contribution in [3.63, 3.8) is 0 Å². The van der Waals surface area contributed by atoms with Gasteiger partial charge in [0, 0.05) is 28.7 Å². The molecule has 0 aliphatic rings. The summed E-state index contributed by atoms with van der Waals surface area (Å²) in [7, 11) is 0. The first-order valence-electron chi connectivity index (χ1n) is 7.38. The molecule has 0 saturated carbocycles. The van der Waals surface area contributed by atoms with Gasteiger partial charge in [0.15, 0.2) is 0 Å². The van der Waals surface area contributed by atoms with Crippen LogP contribution in [0, 0.1) is 0 Å². The van der Waals surface area contributed by atoms with Gasteiger partial charge in [0.05, 0.1) is 5.69 Å². The van der Waals surface area contributed by atoms with Crippen molar-refractivity contribution in [2.75, 3.05) is 17.2 Å². The van der Waals surface area contributed by atoms with Crippen molar-refractivity contribution in [2.24, 2.45) is 0 Å². The summed E-state index contributed by atoms with van der Waals surface area (Å²) in [4.78, 5) is 23.4. The second kappa shape index (κ2) is 7.59. The highest BCUT2D eigenvalue weighted by atomic mass is 35.5. The van der Waals surface area contributed by atoms with Gasteiger partial charge < -0.3 is 15.7 Å². The minimum absolute atomic E-state index is 0.207. The Labute approximate surface area is 148 Å². The number of aromatic nitrogens is 3. The number of carboxylic acids is 1. The van der Waals surface area contributed by atoms with E-state index in [1.165, 1.54) is 0 Å². The Bertz CT molecular complexity index is 903. The molecule has 0 aliphatic carbocycles. The summed E-state index contributed by atoms with van der Waals surface area (Å²) in [5, 5.41) is 15.2. The van der Waals surface area contributed by atoms with E-state index in [0.29, 0.717) is 22.5 Å². The van der Waals surface area contributed by atoms with E-state index in [1.807, 2.05) is 12.1 Å². The lowest BCUT2D eigenvalue weighted by atomic mass is 10.2. The number of benzene rings is 1. The van der Waals surface area contributed by atoms with Crippen molar-refractivity contribution >= 4 is 35.0 Å². The summed E-state index contributed by atoms with van der Waals surface area (Å²) in [6, 6.07) is 12.5. The second-order valence-electron chi connectivity index (χ2n) is 5.08. The highest BCUT2D eigenvalue weighted by Gasteiger charge is 2.06. The molecule has 0 unspecified atom stereocenters. The van der Waals surface area contributed by atoms with Crippen LogP contribution in [0.25, 0.3) is 11.3 Å². The lowest BCUT2D eigenvalue weighted by molar-refractivity contribution is -0.134. The van der Waals surface area contributed by atoms with E-state index in [-0.39, 0.29) is 6.54 Å². The van der Waals surface area contributed by atoms with Gasteiger partial charge in [-0.1, -0.05) is 17.7 Å². The maximum atomic E-state index is 10.6. The summed E-state index contributed by atoms with van der Waals surface area (Å²) in [6.45, 7) is -0.207. The van der Waals surface area contributed by atoms with Gasteiger partial charge >= 0.3 is 5.97 Å². The number of nitrogens with one attached hydrogen (secondary N) is 2. The molecule has 0 spiro atoms. The second-order valence-corrected chi connectivity index (χ2v) is 5.51. The zero-order valence-corrected chi connectivity index (χ0v) is 13.7. The van der Waals surface area contributed by atoms with Crippen molar-refractivity contribution in [3.8, 4) is 11.3 Å². The van der Waals surface area contributed by atoms with Crippen molar-refractivity contribution in [2.45, 2.75) is 0 Å². The van der Waals surface area contributed by atoms with E-state index in [9.17, 15) is 4.79 Å². The van der Waals surface area contributed by atoms with Crippen molar-refractivity contribution < 1.29 is 9.90 Å². The lowest BCUT2D eigenvalue weighted by Gasteiger charge is -2.08. The number of hydrogen-bond donors (Lipinski definition) is 3. The molecule has 3 rings (SSSR count). The van der Waals surface area contributed by atoms with Gasteiger partial charge in [-0.15, -0.1) is 0 Å². The lowest BCUT2D eigenvalue weighted by Crippen LogP contribution is -2.13. The molecule has 2 heterocycles. The van der Waals surface area contributed by atoms with Crippen LogP contribution >= 0.6 is 11.6 Å². The van der Waals surface area contributed by atoms with Crippen LogP contribution in [-0.4, -0.2) is 32.6 Å². The molecule has 0 fully saturated rings. The Morgan fingerprint density at radius 2 is 1.96 bits per heavy atom. The highest BCUT2D eigenvalue weighted by molar-refractivity contribution is 6.30. The molecule has 1 aromatic carbocycles. The molecule has 0 radical (unpaired) electrons. The van der Waals surface area contributed by atoms with Crippen LogP contribution in [0.5, 0.6) is 0 Å². The standard InChI is InChI=1S/C17H14ClN5O2/c18-12-2-1-3-13(9-12)22-17-20-7-5-14(23-17)11-4-6-19-15(8-11)21-10-16(24)25/h1-9H,10H2,(H,19,21)(H,24,25)(H,20,22,23). The average Bonchev–Trinajstić information content (AvgIpc) is 2.60. The number of nitrogens with zero attached hydrogens (tertiary/aromatic N) is 3. The molecule has 7 nitrogen and oxygen atoms in total. The Morgan fingerprint density at radius 1 is 1.12 bits per heavy atom. The molecule has 2 aromatic heterocycles. The Hall–Kier alpha value is -3.19. The van der Waals surface area contributed by atoms with Crippen LogP contribution in [-0.2, 0) is 4.79 Å². The molecule has 0 aliphatic heterocycles. The third kappa shape index (κ3) is 4.65. The molecule has 0 bridgehead atoms. The Kier molecular flexibility index (Phi) is 5.06. The molecular weight excluding hydrogens is 342 g/mol. The summed E-state index contributed by atoms with van der Waals surface area (Å²) >= 11 is 5.97. The maximum Gasteiger partial charge on any atom is 0.322 e. The number of pyridine rings is 1. The van der Waals surface area contributed by atoms with E-state index >= 15 is 0 Å². The van der Waals surface area contributed by atoms with Gasteiger partial charge in [-0.3, -0.25) is 4.79 Å². The first-order valence-corrected chi connectivity index (χ1v) is 7.76. The van der Waals surface area contributed by atoms with Crippen molar-refractivity contribution in [1.29, 1.82) is 0 Å². The van der Waals surface area contributed by atoms with Crippen LogP contribution in [0.1, 0.15) is 0 Å². The van der Waals surface area contributed by atoms with Crippen molar-refractivity contribution in [3.05, 3.63) is 59.9 Å². The smallest absolute Gasteiger partial charge is 0.322 e. The third-order valence-corrected chi connectivity index (χ3v) is 3.45. The summed E-state index contributed by atoms with van der Waals surface area (Å²) in [6.07, 6.45) is 3.23. The van der Waals surface area contributed by atoms with Gasteiger partial charge in [-0.25, -0.2) is 15.0 Å². The minimum Gasteiger partial charge on any atom is -0.480 e. The molecule has 3 N–H and O–H groups in total. The SMILES string of the molecule is O=C(O)CNc1cc(-c2ccnc(Nc3cccc(Cl)c3)n2)ccn1. The molecule has 0 amide bonds. The third-order valence-electron chi connectivity index (χ3n) is 3.21. The maximum absolute atomic E-state index is 10.6. The molecule has 25 heavy (non-hydrogen) atoms. The van der Waals surface area contributed by atoms with E-state index in [2.05, 4.69) is 25.6 Å². The molecule has 0 saturated heterocycles. The van der Waals surface area contributed by atoms with E-state index in [1.54, 1.807) is 42.7 Å². The van der Waals surface area contributed by atoms with Gasteiger partial charge in [-0.2, -0.15) is 0 Å². The largest absolute Gasteiger partial charge is 0.480 e. The average molecular weight is 356 g/mol. The van der Waals surface area contributed by atoms with E-state index in [0.717, 1.165) is 11.3 Å². The normalized spacial score (nSPS) is 10.3. The first kappa shape index (κ1) is 16.7. The fourth-order valence-electron chi connectivity index (χ4n) is 2.13. The van der Waals surface area contributed by atoms with Gasteiger partial charge in [-0.05, 0) is 36.4 Å². The number of anilines is 3.